The van der Waals surface area contributed by atoms with Gasteiger partial charge in [-0.1, -0.05) is 11.6 Å². The van der Waals surface area contributed by atoms with E-state index in [1.54, 1.807) is 19.2 Å². The second-order valence-corrected chi connectivity index (χ2v) is 8.54. The van der Waals surface area contributed by atoms with E-state index in [1.165, 1.54) is 11.3 Å². The number of likely N-dealkylation sites (tertiary alicyclic amines) is 1. The number of amides is 2. The Balaban J connectivity index is 1.40. The second-order valence-electron chi connectivity index (χ2n) is 7.27. The number of thiazole rings is 1. The molecular formula is C20H22ClN3O3S. The van der Waals surface area contributed by atoms with E-state index in [1.807, 2.05) is 16.3 Å². The zero-order chi connectivity index (χ0) is 19.7. The molecule has 1 aliphatic carbocycles. The number of aromatic nitrogens is 1. The highest BCUT2D eigenvalue weighted by atomic mass is 35.5. The van der Waals surface area contributed by atoms with Gasteiger partial charge < -0.3 is 15.0 Å². The van der Waals surface area contributed by atoms with Crippen LogP contribution in [-0.4, -0.2) is 41.9 Å². The summed E-state index contributed by atoms with van der Waals surface area (Å²) in [6.45, 7) is 1.27. The van der Waals surface area contributed by atoms with Gasteiger partial charge in [0.1, 0.15) is 5.75 Å². The Morgan fingerprint density at radius 3 is 2.82 bits per heavy atom. The van der Waals surface area contributed by atoms with Gasteiger partial charge in [0.05, 0.1) is 23.7 Å². The number of carbonyl (C=O) groups excluding carboxylic acids is 2. The van der Waals surface area contributed by atoms with Gasteiger partial charge in [0, 0.05) is 30.0 Å². The standard InChI is InChI=1S/C20H22ClN3O3S/c1-27-17-7-6-13(9-15(17)21)16-11-28-20(22-16)23-18(25)14-3-2-8-24(10-14)19(26)12-4-5-12/h6-7,9,11-12,14H,2-5,8,10H2,1H3,(H,22,23,25). The van der Waals surface area contributed by atoms with Crippen molar-refractivity contribution < 1.29 is 14.3 Å². The van der Waals surface area contributed by atoms with Crippen LogP contribution < -0.4 is 10.1 Å². The summed E-state index contributed by atoms with van der Waals surface area (Å²) in [6, 6.07) is 5.47. The van der Waals surface area contributed by atoms with E-state index in [-0.39, 0.29) is 23.7 Å². The lowest BCUT2D eigenvalue weighted by molar-refractivity contribution is -0.135. The SMILES string of the molecule is COc1ccc(-c2csc(NC(=O)C3CCCN(C(=O)C4CC4)C3)n2)cc1Cl. The Morgan fingerprint density at radius 1 is 1.29 bits per heavy atom. The van der Waals surface area contributed by atoms with Gasteiger partial charge in [0.2, 0.25) is 11.8 Å². The summed E-state index contributed by atoms with van der Waals surface area (Å²) in [6.07, 6.45) is 3.64. The zero-order valence-corrected chi connectivity index (χ0v) is 17.2. The number of nitrogens with one attached hydrogen (secondary N) is 1. The van der Waals surface area contributed by atoms with Crippen molar-refractivity contribution in [2.45, 2.75) is 25.7 Å². The quantitative estimate of drug-likeness (QED) is 0.793. The van der Waals surface area contributed by atoms with Crippen molar-refractivity contribution in [1.29, 1.82) is 0 Å². The first-order valence-electron chi connectivity index (χ1n) is 9.44. The Kier molecular flexibility index (Phi) is 5.55. The molecule has 1 unspecified atom stereocenters. The van der Waals surface area contributed by atoms with Crippen LogP contribution in [0.1, 0.15) is 25.7 Å². The topological polar surface area (TPSA) is 71.5 Å². The highest BCUT2D eigenvalue weighted by molar-refractivity contribution is 7.14. The molecule has 148 valence electrons. The fourth-order valence-electron chi connectivity index (χ4n) is 3.48. The van der Waals surface area contributed by atoms with Crippen LogP contribution in [0.4, 0.5) is 5.13 Å². The fraction of sp³-hybridized carbons (Fsp3) is 0.450. The number of nitrogens with zero attached hydrogens (tertiary/aromatic N) is 2. The molecule has 2 amide bonds. The smallest absolute Gasteiger partial charge is 0.231 e. The van der Waals surface area contributed by atoms with E-state index in [9.17, 15) is 9.59 Å². The number of benzene rings is 1. The summed E-state index contributed by atoms with van der Waals surface area (Å²) in [5.41, 5.74) is 1.61. The number of methoxy groups -OCH3 is 1. The molecular weight excluding hydrogens is 398 g/mol. The summed E-state index contributed by atoms with van der Waals surface area (Å²) in [7, 11) is 1.57. The number of piperidine rings is 1. The molecule has 2 aliphatic rings. The molecule has 6 nitrogen and oxygen atoms in total. The van der Waals surface area contributed by atoms with Crippen molar-refractivity contribution in [1.82, 2.24) is 9.88 Å². The van der Waals surface area contributed by atoms with Crippen molar-refractivity contribution in [2.75, 3.05) is 25.5 Å². The predicted molar refractivity (Wildman–Crippen MR) is 110 cm³/mol. The Bertz CT molecular complexity index is 897. The minimum absolute atomic E-state index is 0.0676. The summed E-state index contributed by atoms with van der Waals surface area (Å²) in [5.74, 6) is 0.767. The molecule has 1 saturated heterocycles. The molecule has 1 aromatic heterocycles. The molecule has 2 aromatic rings. The Morgan fingerprint density at radius 2 is 2.11 bits per heavy atom. The van der Waals surface area contributed by atoms with Crippen LogP contribution in [0.2, 0.25) is 5.02 Å². The molecule has 0 spiro atoms. The summed E-state index contributed by atoms with van der Waals surface area (Å²) < 4.78 is 5.17. The molecule has 2 heterocycles. The maximum absolute atomic E-state index is 12.7. The van der Waals surface area contributed by atoms with Gasteiger partial charge in [0.25, 0.3) is 0 Å². The lowest BCUT2D eigenvalue weighted by Crippen LogP contribution is -2.44. The van der Waals surface area contributed by atoms with Gasteiger partial charge in [-0.2, -0.15) is 0 Å². The maximum Gasteiger partial charge on any atom is 0.231 e. The van der Waals surface area contributed by atoms with Crippen LogP contribution in [0.25, 0.3) is 11.3 Å². The second kappa shape index (κ2) is 8.09. The van der Waals surface area contributed by atoms with Gasteiger partial charge in [-0.15, -0.1) is 11.3 Å². The zero-order valence-electron chi connectivity index (χ0n) is 15.6. The maximum atomic E-state index is 12.7. The van der Waals surface area contributed by atoms with Crippen LogP contribution in [0.5, 0.6) is 5.75 Å². The Labute approximate surface area is 172 Å². The van der Waals surface area contributed by atoms with Gasteiger partial charge in [-0.3, -0.25) is 9.59 Å². The summed E-state index contributed by atoms with van der Waals surface area (Å²) >= 11 is 7.56. The number of hydrogen-bond acceptors (Lipinski definition) is 5. The molecule has 1 N–H and O–H groups in total. The third-order valence-electron chi connectivity index (χ3n) is 5.21. The third-order valence-corrected chi connectivity index (χ3v) is 6.27. The number of rotatable bonds is 5. The Hall–Kier alpha value is -2.12. The average Bonchev–Trinajstić information content (AvgIpc) is 3.46. The van der Waals surface area contributed by atoms with Gasteiger partial charge in [0.15, 0.2) is 5.13 Å². The average molecular weight is 420 g/mol. The van der Waals surface area contributed by atoms with Gasteiger partial charge in [-0.25, -0.2) is 4.98 Å². The normalized spacial score (nSPS) is 19.4. The summed E-state index contributed by atoms with van der Waals surface area (Å²) in [4.78, 5) is 31.3. The van der Waals surface area contributed by atoms with E-state index in [4.69, 9.17) is 16.3 Å². The highest BCUT2D eigenvalue weighted by Gasteiger charge is 2.36. The number of carbonyl (C=O) groups is 2. The number of halogens is 1. The van der Waals surface area contributed by atoms with E-state index in [0.29, 0.717) is 22.4 Å². The van der Waals surface area contributed by atoms with Crippen LogP contribution in [0.3, 0.4) is 0 Å². The van der Waals surface area contributed by atoms with Gasteiger partial charge >= 0.3 is 0 Å². The molecule has 8 heteroatoms. The molecule has 1 atom stereocenters. The molecule has 28 heavy (non-hydrogen) atoms. The van der Waals surface area contributed by atoms with Crippen molar-refractivity contribution >= 4 is 39.9 Å². The van der Waals surface area contributed by atoms with Crippen molar-refractivity contribution in [2.24, 2.45) is 11.8 Å². The summed E-state index contributed by atoms with van der Waals surface area (Å²) in [5, 5.41) is 5.87. The minimum atomic E-state index is -0.181. The van der Waals surface area contributed by atoms with E-state index >= 15 is 0 Å². The molecule has 0 radical (unpaired) electrons. The van der Waals surface area contributed by atoms with Gasteiger partial charge in [-0.05, 0) is 43.9 Å². The lowest BCUT2D eigenvalue weighted by atomic mass is 9.97. The molecule has 1 aromatic carbocycles. The first-order valence-corrected chi connectivity index (χ1v) is 10.7. The molecule has 2 fully saturated rings. The molecule has 4 rings (SSSR count). The highest BCUT2D eigenvalue weighted by Crippen LogP contribution is 2.34. The molecule has 1 saturated carbocycles. The van der Waals surface area contributed by atoms with Crippen molar-refractivity contribution in [3.63, 3.8) is 0 Å². The number of ether oxygens (including phenoxy) is 1. The van der Waals surface area contributed by atoms with E-state index in [2.05, 4.69) is 10.3 Å². The first-order chi connectivity index (χ1) is 13.5. The van der Waals surface area contributed by atoms with E-state index < -0.39 is 0 Å². The monoisotopic (exact) mass is 419 g/mol. The lowest BCUT2D eigenvalue weighted by Gasteiger charge is -2.32. The van der Waals surface area contributed by atoms with Crippen LogP contribution >= 0.6 is 22.9 Å². The third kappa shape index (κ3) is 4.15. The van der Waals surface area contributed by atoms with Crippen LogP contribution in [0, 0.1) is 11.8 Å². The fourth-order valence-corrected chi connectivity index (χ4v) is 4.46. The predicted octanol–water partition coefficient (Wildman–Crippen LogP) is 4.06. The number of hydrogen-bond donors (Lipinski definition) is 1. The minimum Gasteiger partial charge on any atom is -0.495 e. The molecule has 0 bridgehead atoms. The van der Waals surface area contributed by atoms with Crippen molar-refractivity contribution in [3.8, 4) is 17.0 Å². The molecule has 1 aliphatic heterocycles. The van der Waals surface area contributed by atoms with Crippen molar-refractivity contribution in [3.05, 3.63) is 28.6 Å². The van der Waals surface area contributed by atoms with Crippen LogP contribution in [0.15, 0.2) is 23.6 Å². The van der Waals surface area contributed by atoms with Crippen LogP contribution in [-0.2, 0) is 9.59 Å². The largest absolute Gasteiger partial charge is 0.495 e. The van der Waals surface area contributed by atoms with E-state index in [0.717, 1.165) is 43.5 Å². The number of anilines is 1. The first kappa shape index (κ1) is 19.2.